The maximum Gasteiger partial charge on any atom is 0.309 e. The SMILES string of the molecule is COc1ccc(CO[C@@H]2CC(=O)O[C@H]([C@H](C)CO[Si](c3ccccc3)(c3ccccc3)C(C)(C)C)/C=C\[C@@H]2C)cc1. The van der Waals surface area contributed by atoms with E-state index in [9.17, 15) is 4.79 Å². The lowest BCUT2D eigenvalue weighted by Gasteiger charge is -2.44. The molecule has 0 aliphatic carbocycles. The Morgan fingerprint density at radius 3 is 2.02 bits per heavy atom. The fraction of sp³-hybridized carbons (Fsp3) is 0.400. The smallest absolute Gasteiger partial charge is 0.309 e. The van der Waals surface area contributed by atoms with Gasteiger partial charge < -0.3 is 18.6 Å². The number of hydrogen-bond donors (Lipinski definition) is 0. The summed E-state index contributed by atoms with van der Waals surface area (Å²) in [5.41, 5.74) is 1.03. The monoisotopic (exact) mass is 572 g/mol. The number of hydrogen-bond acceptors (Lipinski definition) is 5. The zero-order chi connectivity index (χ0) is 29.5. The van der Waals surface area contributed by atoms with Crippen LogP contribution in [0.3, 0.4) is 0 Å². The maximum absolute atomic E-state index is 13.0. The highest BCUT2D eigenvalue weighted by Crippen LogP contribution is 2.37. The quantitative estimate of drug-likeness (QED) is 0.162. The molecule has 1 aliphatic heterocycles. The molecule has 0 bridgehead atoms. The van der Waals surface area contributed by atoms with Gasteiger partial charge in [-0.1, -0.05) is 113 Å². The molecular formula is C35H44O5Si. The maximum atomic E-state index is 13.0. The van der Waals surface area contributed by atoms with Gasteiger partial charge in [0.05, 0.1) is 26.2 Å². The van der Waals surface area contributed by atoms with Crippen molar-refractivity contribution >= 4 is 24.7 Å². The highest BCUT2D eigenvalue weighted by Gasteiger charge is 2.50. The molecule has 1 aliphatic rings. The standard InChI is InChI=1S/C35H44O5Si/c1-26-17-22-32(40-34(36)23-33(26)38-25-28-18-20-29(37-6)21-19-28)27(2)24-39-41(35(3,4)5,30-13-9-7-10-14-30)31-15-11-8-12-16-31/h7-22,26-27,32-33H,23-25H2,1-6H3/b22-17-/t26-,27+,32-,33+/m0/s1. The number of ether oxygens (including phenoxy) is 3. The summed E-state index contributed by atoms with van der Waals surface area (Å²) in [6.45, 7) is 11.9. The van der Waals surface area contributed by atoms with Crippen molar-refractivity contribution in [2.24, 2.45) is 11.8 Å². The lowest BCUT2D eigenvalue weighted by molar-refractivity contribution is -0.154. The second-order valence-electron chi connectivity index (χ2n) is 12.1. The molecule has 0 amide bonds. The summed E-state index contributed by atoms with van der Waals surface area (Å²) in [5, 5.41) is 2.36. The molecule has 3 aromatic carbocycles. The largest absolute Gasteiger partial charge is 0.497 e. The van der Waals surface area contributed by atoms with Crippen LogP contribution in [0, 0.1) is 11.8 Å². The van der Waals surface area contributed by atoms with Crippen molar-refractivity contribution in [2.75, 3.05) is 13.7 Å². The van der Waals surface area contributed by atoms with Gasteiger partial charge in [-0.25, -0.2) is 0 Å². The minimum atomic E-state index is -2.68. The molecule has 4 atom stereocenters. The minimum Gasteiger partial charge on any atom is -0.497 e. The van der Waals surface area contributed by atoms with Crippen LogP contribution in [0.5, 0.6) is 5.75 Å². The first kappa shape index (κ1) is 30.8. The van der Waals surface area contributed by atoms with Crippen molar-refractivity contribution < 1.29 is 23.4 Å². The van der Waals surface area contributed by atoms with Gasteiger partial charge in [0.25, 0.3) is 8.32 Å². The van der Waals surface area contributed by atoms with Crippen molar-refractivity contribution in [3.63, 3.8) is 0 Å². The van der Waals surface area contributed by atoms with E-state index < -0.39 is 8.32 Å². The van der Waals surface area contributed by atoms with Gasteiger partial charge in [0.15, 0.2) is 0 Å². The van der Waals surface area contributed by atoms with Gasteiger partial charge in [0.1, 0.15) is 11.9 Å². The first-order valence-electron chi connectivity index (χ1n) is 14.5. The molecule has 3 aromatic rings. The average molecular weight is 573 g/mol. The molecule has 41 heavy (non-hydrogen) atoms. The van der Waals surface area contributed by atoms with Gasteiger partial charge in [0.2, 0.25) is 0 Å². The summed E-state index contributed by atoms with van der Waals surface area (Å²) in [6, 6.07) is 29.0. The summed E-state index contributed by atoms with van der Waals surface area (Å²) in [7, 11) is -1.03. The molecule has 4 rings (SSSR count). The van der Waals surface area contributed by atoms with Crippen LogP contribution < -0.4 is 15.1 Å². The molecule has 1 heterocycles. The fourth-order valence-corrected chi connectivity index (χ4v) is 10.2. The van der Waals surface area contributed by atoms with Crippen LogP contribution in [-0.2, 0) is 25.3 Å². The molecule has 0 spiro atoms. The number of methoxy groups -OCH3 is 1. The molecule has 218 valence electrons. The van der Waals surface area contributed by atoms with Gasteiger partial charge in [-0.15, -0.1) is 0 Å². The first-order valence-corrected chi connectivity index (χ1v) is 16.4. The van der Waals surface area contributed by atoms with Crippen LogP contribution in [0.1, 0.15) is 46.6 Å². The van der Waals surface area contributed by atoms with E-state index in [0.29, 0.717) is 13.2 Å². The molecule has 0 saturated carbocycles. The Bertz CT molecular complexity index is 1230. The van der Waals surface area contributed by atoms with Crippen molar-refractivity contribution in [1.82, 2.24) is 0 Å². The highest BCUT2D eigenvalue weighted by molar-refractivity contribution is 6.99. The number of esters is 1. The van der Waals surface area contributed by atoms with E-state index in [2.05, 4.69) is 89.2 Å². The number of carbonyl (C=O) groups is 1. The predicted molar refractivity (Wildman–Crippen MR) is 167 cm³/mol. The van der Waals surface area contributed by atoms with E-state index in [0.717, 1.165) is 11.3 Å². The fourth-order valence-electron chi connectivity index (χ4n) is 5.55. The molecule has 0 aromatic heterocycles. The van der Waals surface area contributed by atoms with Crippen LogP contribution in [0.25, 0.3) is 0 Å². The van der Waals surface area contributed by atoms with Crippen molar-refractivity contribution in [1.29, 1.82) is 0 Å². The van der Waals surface area contributed by atoms with E-state index in [1.54, 1.807) is 7.11 Å². The van der Waals surface area contributed by atoms with Gasteiger partial charge >= 0.3 is 5.97 Å². The van der Waals surface area contributed by atoms with E-state index in [4.69, 9.17) is 18.6 Å². The van der Waals surface area contributed by atoms with Crippen molar-refractivity contribution in [2.45, 2.75) is 64.9 Å². The van der Waals surface area contributed by atoms with Crippen LogP contribution in [-0.4, -0.2) is 40.2 Å². The first-order chi connectivity index (χ1) is 19.6. The van der Waals surface area contributed by atoms with E-state index >= 15 is 0 Å². The number of benzene rings is 3. The Balaban J connectivity index is 1.49. The third-order valence-corrected chi connectivity index (χ3v) is 13.0. The summed E-state index contributed by atoms with van der Waals surface area (Å²) in [6.07, 6.45) is 3.72. The molecule has 0 N–H and O–H groups in total. The lowest BCUT2D eigenvalue weighted by atomic mass is 9.96. The van der Waals surface area contributed by atoms with Gasteiger partial charge in [-0.3, -0.25) is 4.79 Å². The topological polar surface area (TPSA) is 54.0 Å². The second kappa shape index (κ2) is 13.6. The number of cyclic esters (lactones) is 1. The molecule has 0 saturated heterocycles. The normalized spacial score (nSPS) is 21.3. The summed E-state index contributed by atoms with van der Waals surface area (Å²) in [4.78, 5) is 13.0. The van der Waals surface area contributed by atoms with E-state index in [-0.39, 0.29) is 41.5 Å². The predicted octanol–water partition coefficient (Wildman–Crippen LogP) is 6.30. The van der Waals surface area contributed by atoms with E-state index in [1.807, 2.05) is 42.5 Å². The zero-order valence-corrected chi connectivity index (χ0v) is 26.2. The molecule has 0 radical (unpaired) electrons. The van der Waals surface area contributed by atoms with Crippen molar-refractivity contribution in [3.8, 4) is 5.75 Å². The summed E-state index contributed by atoms with van der Waals surface area (Å²) < 4.78 is 24.5. The third kappa shape index (κ3) is 7.37. The Morgan fingerprint density at radius 2 is 1.49 bits per heavy atom. The molecule has 6 heteroatoms. The second-order valence-corrected chi connectivity index (χ2v) is 16.4. The van der Waals surface area contributed by atoms with E-state index in [1.165, 1.54) is 10.4 Å². The molecule has 0 unspecified atom stereocenters. The minimum absolute atomic E-state index is 0.0270. The molecule has 5 nitrogen and oxygen atoms in total. The average Bonchev–Trinajstić information content (AvgIpc) is 2.97. The summed E-state index contributed by atoms with van der Waals surface area (Å²) >= 11 is 0. The molecular weight excluding hydrogens is 528 g/mol. The summed E-state index contributed by atoms with van der Waals surface area (Å²) in [5.74, 6) is 0.594. The highest BCUT2D eigenvalue weighted by atomic mass is 28.4. The van der Waals surface area contributed by atoms with Crippen LogP contribution in [0.4, 0.5) is 0 Å². The molecule has 0 fully saturated rings. The van der Waals surface area contributed by atoms with Gasteiger partial charge in [0, 0.05) is 18.4 Å². The van der Waals surface area contributed by atoms with Crippen LogP contribution in [0.15, 0.2) is 97.1 Å². The van der Waals surface area contributed by atoms with Crippen LogP contribution >= 0.6 is 0 Å². The number of carbonyl (C=O) groups excluding carboxylic acids is 1. The Hall–Kier alpha value is -3.19. The van der Waals surface area contributed by atoms with Gasteiger partial charge in [-0.05, 0) is 39.2 Å². The third-order valence-electron chi connectivity index (χ3n) is 7.99. The lowest BCUT2D eigenvalue weighted by Crippen LogP contribution is -2.67. The zero-order valence-electron chi connectivity index (χ0n) is 25.2. The van der Waals surface area contributed by atoms with Gasteiger partial charge in [-0.2, -0.15) is 0 Å². The Kier molecular flexibility index (Phi) is 10.2. The van der Waals surface area contributed by atoms with Crippen molar-refractivity contribution in [3.05, 3.63) is 103 Å². The van der Waals surface area contributed by atoms with Crippen LogP contribution in [0.2, 0.25) is 5.04 Å². The Labute approximate surface area is 246 Å². The Morgan fingerprint density at radius 1 is 0.902 bits per heavy atom. The number of rotatable bonds is 10.